The SMILES string of the molecule is CC1(C)OB(c2cccc(C=Nc3ccccc3O)c2)OC1(C)C. The summed E-state index contributed by atoms with van der Waals surface area (Å²) in [5.41, 5.74) is 1.69. The Bertz CT molecular complexity index is 755. The van der Waals surface area contributed by atoms with Crippen molar-refractivity contribution >= 4 is 24.5 Å². The van der Waals surface area contributed by atoms with Crippen LogP contribution in [0.3, 0.4) is 0 Å². The summed E-state index contributed by atoms with van der Waals surface area (Å²) < 4.78 is 12.2. The molecule has 1 N–H and O–H groups in total. The minimum atomic E-state index is -0.395. The number of benzene rings is 2. The molecule has 0 aliphatic carbocycles. The first-order valence-electron chi connectivity index (χ1n) is 8.06. The average Bonchev–Trinajstić information content (AvgIpc) is 2.75. The maximum absolute atomic E-state index is 9.78. The van der Waals surface area contributed by atoms with E-state index in [0.717, 1.165) is 11.0 Å². The summed E-state index contributed by atoms with van der Waals surface area (Å²) in [4.78, 5) is 4.34. The van der Waals surface area contributed by atoms with Crippen molar-refractivity contribution in [1.29, 1.82) is 0 Å². The van der Waals surface area contributed by atoms with Crippen molar-refractivity contribution in [3.63, 3.8) is 0 Å². The van der Waals surface area contributed by atoms with Gasteiger partial charge in [0, 0.05) is 6.21 Å². The van der Waals surface area contributed by atoms with E-state index in [4.69, 9.17) is 9.31 Å². The molecule has 0 bridgehead atoms. The van der Waals surface area contributed by atoms with Gasteiger partial charge >= 0.3 is 7.12 Å². The molecule has 2 aromatic carbocycles. The van der Waals surface area contributed by atoms with E-state index in [1.54, 1.807) is 24.4 Å². The number of aliphatic imine (C=N–C) groups is 1. The van der Waals surface area contributed by atoms with E-state index < -0.39 is 7.12 Å². The van der Waals surface area contributed by atoms with E-state index in [1.807, 2.05) is 58.0 Å². The second-order valence-corrected chi connectivity index (χ2v) is 7.01. The van der Waals surface area contributed by atoms with Crippen molar-refractivity contribution in [2.45, 2.75) is 38.9 Å². The third-order valence-electron chi connectivity index (χ3n) is 4.67. The van der Waals surface area contributed by atoms with Crippen molar-refractivity contribution in [3.05, 3.63) is 54.1 Å². The molecule has 1 fully saturated rings. The van der Waals surface area contributed by atoms with Gasteiger partial charge in [0.15, 0.2) is 0 Å². The molecule has 0 aromatic heterocycles. The van der Waals surface area contributed by atoms with E-state index in [-0.39, 0.29) is 17.0 Å². The van der Waals surface area contributed by atoms with Gasteiger partial charge in [-0.15, -0.1) is 0 Å². The van der Waals surface area contributed by atoms with Crippen LogP contribution in [-0.4, -0.2) is 29.6 Å². The van der Waals surface area contributed by atoms with E-state index in [0.29, 0.717) is 5.69 Å². The predicted octanol–water partition coefficient (Wildman–Crippen LogP) is 3.44. The summed E-state index contributed by atoms with van der Waals surface area (Å²) in [5.74, 6) is 0.163. The molecular formula is C19H22BNO3. The lowest BCUT2D eigenvalue weighted by Gasteiger charge is -2.32. The number of phenols is 1. The molecular weight excluding hydrogens is 301 g/mol. The van der Waals surface area contributed by atoms with E-state index in [2.05, 4.69) is 4.99 Å². The van der Waals surface area contributed by atoms with E-state index in [9.17, 15) is 5.11 Å². The highest BCUT2D eigenvalue weighted by molar-refractivity contribution is 6.62. The quantitative estimate of drug-likeness (QED) is 0.695. The van der Waals surface area contributed by atoms with Crippen LogP contribution in [-0.2, 0) is 9.31 Å². The minimum absolute atomic E-state index is 0.163. The molecule has 124 valence electrons. The summed E-state index contributed by atoms with van der Waals surface area (Å²) in [6.07, 6.45) is 1.73. The fourth-order valence-corrected chi connectivity index (χ4v) is 2.48. The lowest BCUT2D eigenvalue weighted by molar-refractivity contribution is 0.00578. The van der Waals surface area contributed by atoms with Gasteiger partial charge in [-0.05, 0) is 50.9 Å². The van der Waals surface area contributed by atoms with Gasteiger partial charge in [-0.2, -0.15) is 0 Å². The standard InChI is InChI=1S/C19H22BNO3/c1-18(2)19(3,4)24-20(23-18)15-9-7-8-14(12-15)13-21-16-10-5-6-11-17(16)22/h5-13,22H,1-4H3. The Balaban J connectivity index is 1.82. The van der Waals surface area contributed by atoms with Crippen LogP contribution in [0.4, 0.5) is 5.69 Å². The van der Waals surface area contributed by atoms with Crippen molar-refractivity contribution in [2.24, 2.45) is 4.99 Å². The molecule has 1 aliphatic rings. The monoisotopic (exact) mass is 323 g/mol. The normalized spacial score (nSPS) is 19.1. The minimum Gasteiger partial charge on any atom is -0.506 e. The van der Waals surface area contributed by atoms with E-state index >= 15 is 0 Å². The summed E-state index contributed by atoms with van der Waals surface area (Å²) in [5, 5.41) is 9.78. The molecule has 0 amide bonds. The zero-order valence-electron chi connectivity index (χ0n) is 14.5. The van der Waals surface area contributed by atoms with Crippen LogP contribution < -0.4 is 5.46 Å². The largest absolute Gasteiger partial charge is 0.506 e. The van der Waals surface area contributed by atoms with Crippen molar-refractivity contribution in [2.75, 3.05) is 0 Å². The Hall–Kier alpha value is -2.11. The Morgan fingerprint density at radius 3 is 2.29 bits per heavy atom. The average molecular weight is 323 g/mol. The molecule has 0 saturated carbocycles. The first kappa shape index (κ1) is 16.7. The molecule has 24 heavy (non-hydrogen) atoms. The summed E-state index contributed by atoms with van der Waals surface area (Å²) in [6.45, 7) is 8.15. The molecule has 3 rings (SSSR count). The molecule has 1 saturated heterocycles. The maximum Gasteiger partial charge on any atom is 0.494 e. The van der Waals surface area contributed by atoms with Gasteiger partial charge in [-0.3, -0.25) is 4.99 Å². The fraction of sp³-hybridized carbons (Fsp3) is 0.316. The first-order chi connectivity index (χ1) is 11.3. The van der Waals surface area contributed by atoms with Gasteiger partial charge < -0.3 is 14.4 Å². The van der Waals surface area contributed by atoms with Crippen molar-refractivity contribution in [1.82, 2.24) is 0 Å². The van der Waals surface area contributed by atoms with Crippen LogP contribution in [0.15, 0.2) is 53.5 Å². The number of nitrogens with zero attached hydrogens (tertiary/aromatic N) is 1. The summed E-state index contributed by atoms with van der Waals surface area (Å²) >= 11 is 0. The van der Waals surface area contributed by atoms with Gasteiger partial charge in [-0.1, -0.05) is 36.4 Å². The lowest BCUT2D eigenvalue weighted by Crippen LogP contribution is -2.41. The molecule has 1 heterocycles. The first-order valence-corrected chi connectivity index (χ1v) is 8.06. The highest BCUT2D eigenvalue weighted by atomic mass is 16.7. The summed E-state index contributed by atoms with van der Waals surface area (Å²) in [7, 11) is -0.395. The van der Waals surface area contributed by atoms with Gasteiger partial charge in [0.1, 0.15) is 11.4 Å². The van der Waals surface area contributed by atoms with Crippen LogP contribution in [0.2, 0.25) is 0 Å². The van der Waals surface area contributed by atoms with Crippen LogP contribution in [0.5, 0.6) is 5.75 Å². The summed E-state index contributed by atoms with van der Waals surface area (Å²) in [6, 6.07) is 14.9. The molecule has 2 aromatic rings. The zero-order chi connectivity index (χ0) is 17.4. The number of hydrogen-bond donors (Lipinski definition) is 1. The van der Waals surface area contributed by atoms with E-state index in [1.165, 1.54) is 0 Å². The van der Waals surface area contributed by atoms with Gasteiger partial charge in [0.25, 0.3) is 0 Å². The second kappa shape index (κ2) is 6.08. The Labute approximate surface area is 143 Å². The number of aromatic hydroxyl groups is 1. The Kier molecular flexibility index (Phi) is 4.24. The van der Waals surface area contributed by atoms with Gasteiger partial charge in [0.05, 0.1) is 11.2 Å². The number of para-hydroxylation sites is 2. The molecule has 0 spiro atoms. The van der Waals surface area contributed by atoms with Crippen LogP contribution >= 0.6 is 0 Å². The molecule has 5 heteroatoms. The predicted molar refractivity (Wildman–Crippen MR) is 97.5 cm³/mol. The molecule has 0 radical (unpaired) electrons. The topological polar surface area (TPSA) is 51.0 Å². The van der Waals surface area contributed by atoms with Crippen molar-refractivity contribution in [3.8, 4) is 5.75 Å². The third-order valence-corrected chi connectivity index (χ3v) is 4.67. The third kappa shape index (κ3) is 3.23. The highest BCUT2D eigenvalue weighted by Crippen LogP contribution is 2.36. The molecule has 1 aliphatic heterocycles. The molecule has 0 atom stereocenters. The maximum atomic E-state index is 9.78. The van der Waals surface area contributed by atoms with Crippen LogP contribution in [0.1, 0.15) is 33.3 Å². The number of rotatable bonds is 3. The highest BCUT2D eigenvalue weighted by Gasteiger charge is 2.51. The zero-order valence-corrected chi connectivity index (χ0v) is 14.5. The smallest absolute Gasteiger partial charge is 0.494 e. The molecule has 4 nitrogen and oxygen atoms in total. The number of phenolic OH excluding ortho intramolecular Hbond substituents is 1. The number of hydrogen-bond acceptors (Lipinski definition) is 4. The van der Waals surface area contributed by atoms with Crippen LogP contribution in [0.25, 0.3) is 0 Å². The van der Waals surface area contributed by atoms with Gasteiger partial charge in [0.2, 0.25) is 0 Å². The molecule has 0 unspecified atom stereocenters. The lowest BCUT2D eigenvalue weighted by atomic mass is 9.78. The Morgan fingerprint density at radius 2 is 1.62 bits per heavy atom. The van der Waals surface area contributed by atoms with Crippen molar-refractivity contribution < 1.29 is 14.4 Å². The van der Waals surface area contributed by atoms with Gasteiger partial charge in [-0.25, -0.2) is 0 Å². The fourth-order valence-electron chi connectivity index (χ4n) is 2.48. The second-order valence-electron chi connectivity index (χ2n) is 7.01. The van der Waals surface area contributed by atoms with Crippen LogP contribution in [0, 0.1) is 0 Å². The Morgan fingerprint density at radius 1 is 0.958 bits per heavy atom.